The molecule has 1 N–H and O–H groups in total. The van der Waals surface area contributed by atoms with Gasteiger partial charge in [0.1, 0.15) is 0 Å². The predicted molar refractivity (Wildman–Crippen MR) is 78.0 cm³/mol. The summed E-state index contributed by atoms with van der Waals surface area (Å²) in [4.78, 5) is 4.27. The van der Waals surface area contributed by atoms with E-state index in [0.29, 0.717) is 0 Å². The maximum absolute atomic E-state index is 5.75. The highest BCUT2D eigenvalue weighted by atomic mass is 79.9. The van der Waals surface area contributed by atoms with Gasteiger partial charge in [0.2, 0.25) is 0 Å². The van der Waals surface area contributed by atoms with Crippen LogP contribution in [-0.2, 0) is 11.3 Å². The molecule has 0 amide bonds. The third-order valence-electron chi connectivity index (χ3n) is 3.27. The van der Waals surface area contributed by atoms with Gasteiger partial charge in [-0.1, -0.05) is 34.1 Å². The molecule has 0 aliphatic carbocycles. The summed E-state index contributed by atoms with van der Waals surface area (Å²) in [6.07, 6.45) is 3.98. The van der Waals surface area contributed by atoms with Gasteiger partial charge >= 0.3 is 0 Å². The van der Waals surface area contributed by atoms with Gasteiger partial charge in [0.15, 0.2) is 0 Å². The van der Waals surface area contributed by atoms with Crippen molar-refractivity contribution in [2.75, 3.05) is 19.7 Å². The fraction of sp³-hybridized carbons (Fsp3) is 0.357. The summed E-state index contributed by atoms with van der Waals surface area (Å²) < 4.78 is 8.98. The lowest BCUT2D eigenvalue weighted by atomic mass is 10.1. The van der Waals surface area contributed by atoms with Gasteiger partial charge in [-0.15, -0.1) is 0 Å². The standard InChI is InChI=1S/C14H16BrN3O/c15-13-4-2-1-3-12(13)14-8-17-10-18(14)9-11-7-16-5-6-19-11/h1-4,8,10-11,16H,5-7,9H2. The summed E-state index contributed by atoms with van der Waals surface area (Å²) in [6, 6.07) is 8.20. The first-order valence-corrected chi connectivity index (χ1v) is 7.21. The molecule has 1 aliphatic rings. The molecule has 1 aliphatic heterocycles. The first kappa shape index (κ1) is 12.8. The molecular formula is C14H16BrN3O. The molecular weight excluding hydrogens is 306 g/mol. The average molecular weight is 322 g/mol. The van der Waals surface area contributed by atoms with Gasteiger partial charge in [-0.05, 0) is 6.07 Å². The third kappa shape index (κ3) is 2.88. The van der Waals surface area contributed by atoms with E-state index in [2.05, 4.69) is 36.9 Å². The van der Waals surface area contributed by atoms with Crippen LogP contribution in [0, 0.1) is 0 Å². The molecule has 0 spiro atoms. The minimum atomic E-state index is 0.212. The molecule has 0 bridgehead atoms. The third-order valence-corrected chi connectivity index (χ3v) is 3.96. The Morgan fingerprint density at radius 3 is 3.11 bits per heavy atom. The molecule has 1 unspecified atom stereocenters. The van der Waals surface area contributed by atoms with E-state index in [1.54, 1.807) is 0 Å². The molecule has 1 aromatic heterocycles. The van der Waals surface area contributed by atoms with Gasteiger partial charge < -0.3 is 14.6 Å². The van der Waals surface area contributed by atoms with E-state index in [1.807, 2.05) is 30.7 Å². The molecule has 0 radical (unpaired) electrons. The van der Waals surface area contributed by atoms with Gasteiger partial charge in [0, 0.05) is 23.1 Å². The molecule has 3 rings (SSSR count). The van der Waals surface area contributed by atoms with E-state index in [4.69, 9.17) is 4.74 Å². The Bertz CT molecular complexity index is 549. The number of hydrogen-bond acceptors (Lipinski definition) is 3. The van der Waals surface area contributed by atoms with Gasteiger partial charge in [0.05, 0.1) is 37.5 Å². The molecule has 1 saturated heterocycles. The van der Waals surface area contributed by atoms with Gasteiger partial charge in [-0.3, -0.25) is 0 Å². The van der Waals surface area contributed by atoms with E-state index in [0.717, 1.165) is 42.0 Å². The Labute approximate surface area is 120 Å². The van der Waals surface area contributed by atoms with E-state index >= 15 is 0 Å². The maximum atomic E-state index is 5.75. The maximum Gasteiger partial charge on any atom is 0.0951 e. The van der Waals surface area contributed by atoms with Crippen LogP contribution in [0.15, 0.2) is 41.3 Å². The van der Waals surface area contributed by atoms with Crippen molar-refractivity contribution < 1.29 is 4.74 Å². The van der Waals surface area contributed by atoms with Gasteiger partial charge in [0.25, 0.3) is 0 Å². The fourth-order valence-corrected chi connectivity index (χ4v) is 2.80. The second-order valence-electron chi connectivity index (χ2n) is 4.61. The van der Waals surface area contributed by atoms with Crippen molar-refractivity contribution in [2.24, 2.45) is 0 Å². The summed E-state index contributed by atoms with van der Waals surface area (Å²) in [5, 5.41) is 3.35. The Kier molecular flexibility index (Phi) is 3.96. The van der Waals surface area contributed by atoms with Crippen LogP contribution in [-0.4, -0.2) is 35.4 Å². The zero-order valence-corrected chi connectivity index (χ0v) is 12.1. The number of nitrogens with one attached hydrogen (secondary N) is 1. The fourth-order valence-electron chi connectivity index (χ4n) is 2.32. The Morgan fingerprint density at radius 1 is 1.42 bits per heavy atom. The SMILES string of the molecule is Brc1ccccc1-c1cncn1CC1CNCCO1. The lowest BCUT2D eigenvalue weighted by Gasteiger charge is -2.24. The Hall–Kier alpha value is -1.17. The number of imidazole rings is 1. The molecule has 100 valence electrons. The summed E-state index contributed by atoms with van der Waals surface area (Å²) in [6.45, 7) is 3.44. The summed E-state index contributed by atoms with van der Waals surface area (Å²) in [5.74, 6) is 0. The minimum Gasteiger partial charge on any atom is -0.374 e. The molecule has 1 fully saturated rings. The highest BCUT2D eigenvalue weighted by Gasteiger charge is 2.16. The largest absolute Gasteiger partial charge is 0.374 e. The summed E-state index contributed by atoms with van der Waals surface area (Å²) in [5.41, 5.74) is 2.27. The van der Waals surface area contributed by atoms with Crippen LogP contribution < -0.4 is 5.32 Å². The van der Waals surface area contributed by atoms with Crippen molar-refractivity contribution in [1.29, 1.82) is 0 Å². The van der Waals surface area contributed by atoms with Crippen LogP contribution in [0.3, 0.4) is 0 Å². The topological polar surface area (TPSA) is 39.1 Å². The highest BCUT2D eigenvalue weighted by Crippen LogP contribution is 2.27. The number of morpholine rings is 1. The zero-order chi connectivity index (χ0) is 13.1. The average Bonchev–Trinajstić information content (AvgIpc) is 2.88. The second kappa shape index (κ2) is 5.86. The monoisotopic (exact) mass is 321 g/mol. The smallest absolute Gasteiger partial charge is 0.0951 e. The number of halogens is 1. The number of rotatable bonds is 3. The summed E-state index contributed by atoms with van der Waals surface area (Å²) >= 11 is 3.59. The van der Waals surface area contributed by atoms with Crippen molar-refractivity contribution in [3.05, 3.63) is 41.3 Å². The van der Waals surface area contributed by atoms with Crippen molar-refractivity contribution in [1.82, 2.24) is 14.9 Å². The normalized spacial score (nSPS) is 19.5. The van der Waals surface area contributed by atoms with Gasteiger partial charge in [-0.25, -0.2) is 4.98 Å². The molecule has 1 atom stereocenters. The summed E-state index contributed by atoms with van der Waals surface area (Å²) in [7, 11) is 0. The van der Waals surface area contributed by atoms with E-state index in [1.165, 1.54) is 0 Å². The lowest BCUT2D eigenvalue weighted by Crippen LogP contribution is -2.40. The van der Waals surface area contributed by atoms with Crippen LogP contribution in [0.25, 0.3) is 11.3 Å². The zero-order valence-electron chi connectivity index (χ0n) is 10.6. The molecule has 19 heavy (non-hydrogen) atoms. The first-order chi connectivity index (χ1) is 9.34. The quantitative estimate of drug-likeness (QED) is 0.942. The number of hydrogen-bond donors (Lipinski definition) is 1. The molecule has 0 saturated carbocycles. The number of ether oxygens (including phenoxy) is 1. The predicted octanol–water partition coefficient (Wildman–Crippen LogP) is 2.30. The van der Waals surface area contributed by atoms with Crippen molar-refractivity contribution in [3.8, 4) is 11.3 Å². The molecule has 4 nitrogen and oxygen atoms in total. The number of benzene rings is 1. The molecule has 1 aromatic carbocycles. The molecule has 2 aromatic rings. The van der Waals surface area contributed by atoms with E-state index in [-0.39, 0.29) is 6.10 Å². The van der Waals surface area contributed by atoms with Crippen LogP contribution in [0.4, 0.5) is 0 Å². The first-order valence-electron chi connectivity index (χ1n) is 6.42. The van der Waals surface area contributed by atoms with Crippen molar-refractivity contribution in [2.45, 2.75) is 12.6 Å². The molecule has 2 heterocycles. The van der Waals surface area contributed by atoms with Crippen LogP contribution >= 0.6 is 15.9 Å². The Balaban J connectivity index is 1.84. The van der Waals surface area contributed by atoms with E-state index < -0.39 is 0 Å². The van der Waals surface area contributed by atoms with E-state index in [9.17, 15) is 0 Å². The Morgan fingerprint density at radius 2 is 2.32 bits per heavy atom. The number of nitrogens with zero attached hydrogens (tertiary/aromatic N) is 2. The highest BCUT2D eigenvalue weighted by molar-refractivity contribution is 9.10. The van der Waals surface area contributed by atoms with Crippen LogP contribution in [0.2, 0.25) is 0 Å². The second-order valence-corrected chi connectivity index (χ2v) is 5.46. The minimum absolute atomic E-state index is 0.212. The molecule has 5 heteroatoms. The lowest BCUT2D eigenvalue weighted by molar-refractivity contribution is 0.0184. The van der Waals surface area contributed by atoms with Crippen molar-refractivity contribution >= 4 is 15.9 Å². The van der Waals surface area contributed by atoms with Crippen LogP contribution in [0.1, 0.15) is 0 Å². The van der Waals surface area contributed by atoms with Crippen LogP contribution in [0.5, 0.6) is 0 Å². The number of aromatic nitrogens is 2. The van der Waals surface area contributed by atoms with Gasteiger partial charge in [-0.2, -0.15) is 0 Å². The van der Waals surface area contributed by atoms with Crippen molar-refractivity contribution in [3.63, 3.8) is 0 Å².